The van der Waals surface area contributed by atoms with E-state index in [2.05, 4.69) is 70.1 Å². The van der Waals surface area contributed by atoms with E-state index in [-0.39, 0.29) is 0 Å². The molecule has 132 valence electrons. The quantitative estimate of drug-likeness (QED) is 0.476. The van der Waals surface area contributed by atoms with Crippen LogP contribution in [0.25, 0.3) is 27.2 Å². The third kappa shape index (κ3) is 3.22. The van der Waals surface area contributed by atoms with Crippen molar-refractivity contribution in [3.05, 3.63) is 61.2 Å². The highest BCUT2D eigenvalue weighted by molar-refractivity contribution is 7.18. The molecule has 0 unspecified atom stereocenters. The van der Waals surface area contributed by atoms with Crippen LogP contribution in [0.4, 0.5) is 5.13 Å². The first-order chi connectivity index (χ1) is 12.8. The first-order valence-electron chi connectivity index (χ1n) is 9.03. The third-order valence-corrected chi connectivity index (χ3v) is 5.65. The van der Waals surface area contributed by atoms with Crippen LogP contribution in [0.1, 0.15) is 26.7 Å². The molecule has 1 aromatic carbocycles. The molecule has 0 saturated carbocycles. The minimum absolute atomic E-state index is 0.477. The molecule has 0 aliphatic heterocycles. The molecule has 0 radical (unpaired) electrons. The highest BCUT2D eigenvalue weighted by Gasteiger charge is 2.12. The van der Waals surface area contributed by atoms with Crippen molar-refractivity contribution in [3.63, 3.8) is 0 Å². The zero-order chi connectivity index (χ0) is 17.9. The number of imidazole rings is 1. The van der Waals surface area contributed by atoms with Crippen molar-refractivity contribution < 1.29 is 0 Å². The van der Waals surface area contributed by atoms with Gasteiger partial charge in [-0.15, -0.1) is 0 Å². The molecular weight excluding hydrogens is 340 g/mol. The molecule has 3 aromatic heterocycles. The summed E-state index contributed by atoms with van der Waals surface area (Å²) >= 11 is 1.70. The summed E-state index contributed by atoms with van der Waals surface area (Å²) < 4.78 is 2.09. The number of thiazole rings is 1. The van der Waals surface area contributed by atoms with Crippen LogP contribution in [0.5, 0.6) is 0 Å². The smallest absolute Gasteiger partial charge is 0.183 e. The maximum Gasteiger partial charge on any atom is 0.183 e. The summed E-state index contributed by atoms with van der Waals surface area (Å²) in [4.78, 5) is 10.3. The summed E-state index contributed by atoms with van der Waals surface area (Å²) in [5, 5.41) is 4.52. The van der Waals surface area contributed by atoms with E-state index in [1.165, 1.54) is 5.56 Å². The molecule has 0 fully saturated rings. The fourth-order valence-electron chi connectivity index (χ4n) is 3.14. The number of benzene rings is 1. The summed E-state index contributed by atoms with van der Waals surface area (Å²) in [5.41, 5.74) is 4.44. The van der Waals surface area contributed by atoms with Crippen molar-refractivity contribution in [1.82, 2.24) is 14.4 Å². The Balaban J connectivity index is 1.75. The number of anilines is 1. The largest absolute Gasteiger partial charge is 0.359 e. The van der Waals surface area contributed by atoms with E-state index in [4.69, 9.17) is 0 Å². The normalized spacial score (nSPS) is 11.3. The van der Waals surface area contributed by atoms with Crippen LogP contribution in [-0.4, -0.2) is 20.4 Å². The maximum absolute atomic E-state index is 4.58. The lowest BCUT2D eigenvalue weighted by atomic mass is 10.0. The predicted octanol–water partition coefficient (Wildman–Crippen LogP) is 5.73. The van der Waals surface area contributed by atoms with Crippen molar-refractivity contribution in [1.29, 1.82) is 0 Å². The number of hydrogen-bond donors (Lipinski definition) is 1. The van der Waals surface area contributed by atoms with E-state index >= 15 is 0 Å². The number of pyridine rings is 1. The van der Waals surface area contributed by atoms with Gasteiger partial charge in [0, 0.05) is 42.0 Å². The number of fused-ring (bicyclic) bond motifs is 1. The van der Waals surface area contributed by atoms with Crippen molar-refractivity contribution in [2.75, 3.05) is 5.32 Å². The Kier molecular flexibility index (Phi) is 4.71. The zero-order valence-electron chi connectivity index (χ0n) is 15.0. The van der Waals surface area contributed by atoms with Crippen molar-refractivity contribution in [3.8, 4) is 21.6 Å². The maximum atomic E-state index is 4.58. The molecule has 0 spiro atoms. The van der Waals surface area contributed by atoms with Gasteiger partial charge in [0.25, 0.3) is 0 Å². The zero-order valence-corrected chi connectivity index (χ0v) is 15.8. The van der Waals surface area contributed by atoms with Crippen LogP contribution in [0.3, 0.4) is 0 Å². The first kappa shape index (κ1) is 16.8. The van der Waals surface area contributed by atoms with E-state index in [9.17, 15) is 0 Å². The van der Waals surface area contributed by atoms with Gasteiger partial charge in [-0.05, 0) is 24.5 Å². The molecule has 1 N–H and O–H groups in total. The van der Waals surface area contributed by atoms with Gasteiger partial charge >= 0.3 is 0 Å². The van der Waals surface area contributed by atoms with Crippen LogP contribution in [0.15, 0.2) is 61.2 Å². The lowest BCUT2D eigenvalue weighted by Crippen LogP contribution is -2.16. The Morgan fingerprint density at radius 2 is 1.88 bits per heavy atom. The molecule has 4 aromatic rings. The average molecular weight is 363 g/mol. The Hall–Kier alpha value is -2.66. The summed E-state index contributed by atoms with van der Waals surface area (Å²) in [6.07, 6.45) is 10.1. The number of hydrogen-bond acceptors (Lipinski definition) is 4. The standard InChI is InChI=1S/C21H22N4S/c1-3-17(4-2)24-21-23-13-19(26-21)16-12-18(15-8-6-5-7-9-15)20-22-10-11-25(20)14-16/h5-14,17H,3-4H2,1-2H3,(H,23,24). The number of rotatable bonds is 6. The summed E-state index contributed by atoms with van der Waals surface area (Å²) in [6.45, 7) is 4.41. The number of aromatic nitrogens is 3. The number of nitrogens with one attached hydrogen (secondary N) is 1. The van der Waals surface area contributed by atoms with Gasteiger partial charge in [0.05, 0.1) is 4.88 Å². The Labute approximate surface area is 157 Å². The van der Waals surface area contributed by atoms with Gasteiger partial charge in [-0.25, -0.2) is 9.97 Å². The molecule has 0 saturated heterocycles. The molecule has 26 heavy (non-hydrogen) atoms. The van der Waals surface area contributed by atoms with Crippen LogP contribution in [0, 0.1) is 0 Å². The van der Waals surface area contributed by atoms with Gasteiger partial charge in [0.2, 0.25) is 0 Å². The van der Waals surface area contributed by atoms with E-state index in [0.717, 1.165) is 39.6 Å². The Morgan fingerprint density at radius 3 is 2.65 bits per heavy atom. The minimum atomic E-state index is 0.477. The summed E-state index contributed by atoms with van der Waals surface area (Å²) in [6, 6.07) is 13.1. The number of nitrogens with zero attached hydrogens (tertiary/aromatic N) is 3. The average Bonchev–Trinajstić information content (AvgIpc) is 3.35. The SMILES string of the molecule is CCC(CC)Nc1ncc(-c2cc(-c3ccccc3)c3nccn3c2)s1. The summed E-state index contributed by atoms with van der Waals surface area (Å²) in [5.74, 6) is 0. The molecule has 4 rings (SSSR count). The van der Waals surface area contributed by atoms with E-state index in [1.807, 2.05) is 24.7 Å². The summed E-state index contributed by atoms with van der Waals surface area (Å²) in [7, 11) is 0. The van der Waals surface area contributed by atoms with Gasteiger partial charge in [-0.1, -0.05) is 55.5 Å². The van der Waals surface area contributed by atoms with E-state index < -0.39 is 0 Å². The second-order valence-corrected chi connectivity index (χ2v) is 7.38. The molecule has 0 aliphatic rings. The molecule has 0 amide bonds. The monoisotopic (exact) mass is 362 g/mol. The van der Waals surface area contributed by atoms with Crippen molar-refractivity contribution in [2.24, 2.45) is 0 Å². The van der Waals surface area contributed by atoms with Crippen molar-refractivity contribution >= 4 is 22.1 Å². The minimum Gasteiger partial charge on any atom is -0.359 e. The van der Waals surface area contributed by atoms with Gasteiger partial charge in [0.1, 0.15) is 5.65 Å². The molecule has 3 heterocycles. The van der Waals surface area contributed by atoms with Gasteiger partial charge < -0.3 is 9.72 Å². The first-order valence-corrected chi connectivity index (χ1v) is 9.85. The van der Waals surface area contributed by atoms with Gasteiger partial charge in [-0.3, -0.25) is 0 Å². The van der Waals surface area contributed by atoms with Gasteiger partial charge in [-0.2, -0.15) is 0 Å². The van der Waals surface area contributed by atoms with Crippen LogP contribution in [0.2, 0.25) is 0 Å². The fraction of sp³-hybridized carbons (Fsp3) is 0.238. The lowest BCUT2D eigenvalue weighted by Gasteiger charge is -2.12. The highest BCUT2D eigenvalue weighted by atomic mass is 32.1. The van der Waals surface area contributed by atoms with Crippen LogP contribution in [-0.2, 0) is 0 Å². The second kappa shape index (κ2) is 7.30. The molecule has 0 atom stereocenters. The van der Waals surface area contributed by atoms with E-state index in [0.29, 0.717) is 6.04 Å². The Bertz CT molecular complexity index is 999. The molecule has 4 nitrogen and oxygen atoms in total. The molecular formula is C21H22N4S. The molecule has 0 bridgehead atoms. The van der Waals surface area contributed by atoms with E-state index in [1.54, 1.807) is 11.3 Å². The second-order valence-electron chi connectivity index (χ2n) is 6.35. The van der Waals surface area contributed by atoms with Crippen LogP contribution >= 0.6 is 11.3 Å². The lowest BCUT2D eigenvalue weighted by molar-refractivity contribution is 0.671. The molecule has 0 aliphatic carbocycles. The van der Waals surface area contributed by atoms with Crippen molar-refractivity contribution in [2.45, 2.75) is 32.7 Å². The van der Waals surface area contributed by atoms with Crippen LogP contribution < -0.4 is 5.32 Å². The predicted molar refractivity (Wildman–Crippen MR) is 110 cm³/mol. The van der Waals surface area contributed by atoms with Gasteiger partial charge in [0.15, 0.2) is 5.13 Å². The molecule has 5 heteroatoms. The fourth-order valence-corrected chi connectivity index (χ4v) is 4.01. The third-order valence-electron chi connectivity index (χ3n) is 4.68. The Morgan fingerprint density at radius 1 is 1.08 bits per heavy atom. The topological polar surface area (TPSA) is 42.2 Å². The highest BCUT2D eigenvalue weighted by Crippen LogP contribution is 2.34.